The van der Waals surface area contributed by atoms with Crippen molar-refractivity contribution in [3.8, 4) is 0 Å². The van der Waals surface area contributed by atoms with Crippen LogP contribution in [0.15, 0.2) is 36.3 Å². The summed E-state index contributed by atoms with van der Waals surface area (Å²) in [5.74, 6) is -2.59. The maximum Gasteiger partial charge on any atom is 0.435 e. The van der Waals surface area contributed by atoms with E-state index in [0.29, 0.717) is 0 Å². The number of carbonyl (C=O) groups is 2. The Bertz CT molecular complexity index is 1260. The molecule has 0 aromatic heterocycles. The van der Waals surface area contributed by atoms with Crippen LogP contribution in [0.5, 0.6) is 0 Å². The Hall–Kier alpha value is -2.18. The number of hydrogen-bond acceptors (Lipinski definition) is 2. The van der Waals surface area contributed by atoms with Crippen molar-refractivity contribution in [3.05, 3.63) is 62.2 Å². The van der Waals surface area contributed by atoms with Crippen molar-refractivity contribution in [2.45, 2.75) is 24.9 Å². The van der Waals surface area contributed by atoms with Crippen LogP contribution in [0.2, 0.25) is 0 Å². The molecule has 0 atom stereocenters. The van der Waals surface area contributed by atoms with Gasteiger partial charge in [0.05, 0.1) is 20.9 Å². The van der Waals surface area contributed by atoms with Gasteiger partial charge in [0.15, 0.2) is 0 Å². The average molecular weight is 537 g/mol. The molecule has 0 saturated heterocycles. The lowest BCUT2D eigenvalue weighted by molar-refractivity contribution is -0.348. The fourth-order valence-electron chi connectivity index (χ4n) is 2.63. The minimum absolute atomic E-state index is 0.0161. The number of fused-ring (bicyclic) bond motifs is 1. The van der Waals surface area contributed by atoms with E-state index in [2.05, 4.69) is 0 Å². The molecule has 0 fully saturated rings. The molecule has 29 heavy (non-hydrogen) atoms. The normalized spacial score (nSPS) is 18.6. The highest BCUT2D eigenvalue weighted by Crippen LogP contribution is 2.53. The van der Waals surface area contributed by atoms with Gasteiger partial charge in [-0.05, 0) is 53.2 Å². The summed E-state index contributed by atoms with van der Waals surface area (Å²) in [5.41, 5.74) is -13.0. The Balaban J connectivity index is 2.50. The molecule has 11 heteroatoms. The van der Waals surface area contributed by atoms with Crippen LogP contribution in [0.25, 0.3) is 0 Å². The Morgan fingerprint density at radius 1 is 1.00 bits per heavy atom. The Morgan fingerprint density at radius 2 is 1.62 bits per heavy atom. The van der Waals surface area contributed by atoms with E-state index in [1.807, 2.05) is 0 Å². The molecule has 1 heterocycles. The lowest BCUT2D eigenvalue weighted by Crippen LogP contribution is -2.50. The number of anilines is 1. The number of halogens is 8. The summed E-state index contributed by atoms with van der Waals surface area (Å²) in [4.78, 5) is 25.8. The number of amides is 2. The first-order valence-electron chi connectivity index (χ1n) is 10.3. The van der Waals surface area contributed by atoms with Crippen LogP contribution in [0.3, 0.4) is 0 Å². The van der Waals surface area contributed by atoms with Crippen molar-refractivity contribution >= 4 is 40.1 Å². The van der Waals surface area contributed by atoms with Crippen molar-refractivity contribution in [1.82, 2.24) is 0 Å². The number of carbonyl (C=O) groups excluding carboxylic acids is 2. The highest BCUT2D eigenvalue weighted by molar-refractivity contribution is 14.1. The lowest BCUT2D eigenvalue weighted by atomic mass is 9.92. The van der Waals surface area contributed by atoms with E-state index in [9.17, 15) is 40.3 Å². The first-order chi connectivity index (χ1) is 15.7. The number of alkyl halides is 7. The molecule has 1 aliphatic rings. The highest BCUT2D eigenvalue weighted by Gasteiger charge is 2.73. The van der Waals surface area contributed by atoms with Crippen LogP contribution < -0.4 is 4.90 Å². The number of hydrogen-bond donors (Lipinski definition) is 0. The molecule has 3 nitrogen and oxygen atoms in total. The first-order valence-corrected chi connectivity index (χ1v) is 8.41. The van der Waals surface area contributed by atoms with Gasteiger partial charge in [-0.15, -0.1) is 0 Å². The van der Waals surface area contributed by atoms with E-state index in [0.717, 1.165) is 6.07 Å². The molecule has 1 aliphatic heterocycles. The second-order valence-electron chi connectivity index (χ2n) is 5.74. The van der Waals surface area contributed by atoms with Crippen molar-refractivity contribution in [2.24, 2.45) is 0 Å². The van der Waals surface area contributed by atoms with E-state index >= 15 is 0 Å². The van der Waals surface area contributed by atoms with Crippen molar-refractivity contribution in [2.75, 3.05) is 4.90 Å². The SMILES string of the molecule is [2H]c1c([2H])c(C(F)(C(F)(F)F)C(F)(F)F)c([2H])c(C([2H])([2H])[2H])c1N1C(=O)c2cccc(I)c2C1=O. The molecule has 0 N–H and O–H groups in total. The standard InChI is InChI=1S/C18H9F7INO2/c1-8-7-9(16(19,17(20,21)22)18(23,24)25)5-6-12(8)27-14(28)10-3-2-4-11(26)13(10)15(27)29/h2-7H,1H3/i1D3,5D,6D,7D. The molecule has 3 rings (SSSR count). The van der Waals surface area contributed by atoms with Crippen molar-refractivity contribution in [1.29, 1.82) is 0 Å². The van der Waals surface area contributed by atoms with E-state index in [-0.39, 0.29) is 19.6 Å². The maximum atomic E-state index is 14.8. The Morgan fingerprint density at radius 3 is 2.14 bits per heavy atom. The summed E-state index contributed by atoms with van der Waals surface area (Å²) in [6.45, 7) is -3.81. The quantitative estimate of drug-likeness (QED) is 0.281. The predicted octanol–water partition coefficient (Wildman–Crippen LogP) is 5.69. The van der Waals surface area contributed by atoms with Crippen LogP contribution in [-0.4, -0.2) is 24.2 Å². The van der Waals surface area contributed by atoms with Gasteiger partial charge in [-0.25, -0.2) is 9.29 Å². The highest BCUT2D eigenvalue weighted by atomic mass is 127. The van der Waals surface area contributed by atoms with Gasteiger partial charge < -0.3 is 0 Å². The number of rotatable bonds is 2. The van der Waals surface area contributed by atoms with Crippen molar-refractivity contribution < 1.29 is 48.5 Å². The summed E-state index contributed by atoms with van der Waals surface area (Å²) in [7, 11) is 0. The predicted molar refractivity (Wildman–Crippen MR) is 96.4 cm³/mol. The van der Waals surface area contributed by atoms with Crippen LogP contribution in [-0.2, 0) is 5.67 Å². The molecule has 154 valence electrons. The van der Waals surface area contributed by atoms with Gasteiger partial charge in [0.2, 0.25) is 0 Å². The van der Waals surface area contributed by atoms with Crippen LogP contribution in [0, 0.1) is 10.4 Å². The maximum absolute atomic E-state index is 14.8. The molecule has 0 aliphatic carbocycles. The number of imide groups is 1. The molecule has 0 spiro atoms. The minimum atomic E-state index is -6.82. The van der Waals surface area contributed by atoms with E-state index < -0.39 is 71.6 Å². The van der Waals surface area contributed by atoms with E-state index in [1.165, 1.54) is 12.1 Å². The second-order valence-corrected chi connectivity index (χ2v) is 6.90. The minimum Gasteiger partial charge on any atom is -0.268 e. The first kappa shape index (κ1) is 14.7. The summed E-state index contributed by atoms with van der Waals surface area (Å²) < 4.78 is 141. The molecule has 0 radical (unpaired) electrons. The smallest absolute Gasteiger partial charge is 0.268 e. The van der Waals surface area contributed by atoms with E-state index in [1.54, 1.807) is 22.6 Å². The molecule has 2 aromatic rings. The summed E-state index contributed by atoms with van der Waals surface area (Å²) >= 11 is 1.63. The zero-order valence-electron chi connectivity index (χ0n) is 19.5. The summed E-state index contributed by atoms with van der Waals surface area (Å²) in [6, 6.07) is -2.40. The third kappa shape index (κ3) is 3.09. The molecule has 0 bridgehead atoms. The zero-order chi connectivity index (χ0) is 27.0. The molecule has 2 aromatic carbocycles. The topological polar surface area (TPSA) is 37.4 Å². The lowest BCUT2D eigenvalue weighted by Gasteiger charge is -2.31. The third-order valence-corrected chi connectivity index (χ3v) is 4.91. The average Bonchev–Trinajstić information content (AvgIpc) is 2.93. The molecule has 0 unspecified atom stereocenters. The molecule has 2 amide bonds. The molecule has 0 saturated carbocycles. The van der Waals surface area contributed by atoms with Gasteiger partial charge in [-0.2, -0.15) is 26.3 Å². The van der Waals surface area contributed by atoms with Gasteiger partial charge in [0, 0.05) is 13.2 Å². The molecular weight excluding hydrogens is 522 g/mol. The van der Waals surface area contributed by atoms with Gasteiger partial charge in [0.1, 0.15) is 0 Å². The number of benzene rings is 2. The third-order valence-electron chi connectivity index (χ3n) is 4.01. The Labute approximate surface area is 181 Å². The largest absolute Gasteiger partial charge is 0.435 e. The Kier molecular flexibility index (Phi) is 3.39. The van der Waals surface area contributed by atoms with Crippen LogP contribution in [0.4, 0.5) is 36.4 Å². The number of nitrogens with zero attached hydrogens (tertiary/aromatic N) is 1. The summed E-state index contributed by atoms with van der Waals surface area (Å²) in [5, 5.41) is 0. The van der Waals surface area contributed by atoms with Gasteiger partial charge >= 0.3 is 18.0 Å². The van der Waals surface area contributed by atoms with Gasteiger partial charge in [-0.3, -0.25) is 9.59 Å². The summed E-state index contributed by atoms with van der Waals surface area (Å²) in [6.07, 6.45) is -13.6. The van der Waals surface area contributed by atoms with Gasteiger partial charge in [0.25, 0.3) is 11.8 Å². The fourth-order valence-corrected chi connectivity index (χ4v) is 3.36. The van der Waals surface area contributed by atoms with Crippen molar-refractivity contribution in [3.63, 3.8) is 0 Å². The zero-order valence-corrected chi connectivity index (χ0v) is 15.7. The monoisotopic (exact) mass is 537 g/mol. The van der Waals surface area contributed by atoms with Crippen LogP contribution >= 0.6 is 22.6 Å². The fraction of sp³-hybridized carbons (Fsp3) is 0.222. The van der Waals surface area contributed by atoms with Crippen LogP contribution in [0.1, 0.15) is 40.1 Å². The molecular formula is C18H9F7INO2. The van der Waals surface area contributed by atoms with E-state index in [4.69, 9.17) is 8.22 Å². The second kappa shape index (κ2) is 6.67. The van der Waals surface area contributed by atoms with Gasteiger partial charge in [-0.1, -0.05) is 18.2 Å².